The molecule has 1 aromatic heterocycles. The van der Waals surface area contributed by atoms with Crippen LogP contribution in [0, 0.1) is 5.92 Å². The number of nitrogens with zero attached hydrogens (tertiary/aromatic N) is 2. The second-order valence-electron chi connectivity index (χ2n) is 4.79. The van der Waals surface area contributed by atoms with Gasteiger partial charge < -0.3 is 14.4 Å². The van der Waals surface area contributed by atoms with Crippen LogP contribution in [-0.4, -0.2) is 41.5 Å². The summed E-state index contributed by atoms with van der Waals surface area (Å²) in [6.07, 6.45) is 0.678. The number of rotatable bonds is 4. The third-order valence-electron chi connectivity index (χ3n) is 3.22. The number of hydrogen-bond donors (Lipinski definition) is 1. The highest BCUT2D eigenvalue weighted by atomic mass is 16.5. The topological polar surface area (TPSA) is 58.7 Å². The minimum atomic E-state index is -0.160. The van der Waals surface area contributed by atoms with Crippen LogP contribution in [0.25, 0.3) is 0 Å². The van der Waals surface area contributed by atoms with Gasteiger partial charge in [-0.1, -0.05) is 12.1 Å². The molecule has 2 rings (SSSR count). The number of likely N-dealkylation sites (tertiary alicyclic amines) is 1. The summed E-state index contributed by atoms with van der Waals surface area (Å²) in [5, 5.41) is 13.7. The molecule has 0 amide bonds. The number of aliphatic hydroxyl groups is 1. The second-order valence-corrected chi connectivity index (χ2v) is 4.79. The highest BCUT2D eigenvalue weighted by molar-refractivity contribution is 5.04. The first kappa shape index (κ1) is 12.5. The van der Waals surface area contributed by atoms with Crippen molar-refractivity contribution in [1.82, 2.24) is 10.1 Å². The lowest BCUT2D eigenvalue weighted by Gasteiger charge is -2.33. The first-order chi connectivity index (χ1) is 8.19. The average Bonchev–Trinajstić information content (AvgIpc) is 2.72. The maximum Gasteiger partial charge on any atom is 0.162 e. The van der Waals surface area contributed by atoms with Gasteiger partial charge in [-0.2, -0.15) is 0 Å². The minimum absolute atomic E-state index is 0.160. The molecule has 0 saturated carbocycles. The Bertz CT molecular complexity index is 353. The molecule has 0 bridgehead atoms. The molecule has 0 aromatic carbocycles. The van der Waals surface area contributed by atoms with Crippen molar-refractivity contribution in [3.05, 3.63) is 17.5 Å². The molecule has 5 nitrogen and oxygen atoms in total. The van der Waals surface area contributed by atoms with Gasteiger partial charge in [0.15, 0.2) is 5.76 Å². The lowest BCUT2D eigenvalue weighted by molar-refractivity contribution is 0.0312. The van der Waals surface area contributed by atoms with Gasteiger partial charge in [0.2, 0.25) is 0 Å². The highest BCUT2D eigenvalue weighted by Crippen LogP contribution is 2.18. The van der Waals surface area contributed by atoms with Crippen molar-refractivity contribution in [3.8, 4) is 0 Å². The molecule has 0 spiro atoms. The van der Waals surface area contributed by atoms with Crippen molar-refractivity contribution in [2.24, 2.45) is 5.92 Å². The van der Waals surface area contributed by atoms with Gasteiger partial charge in [-0.15, -0.1) is 0 Å². The third kappa shape index (κ3) is 3.28. The van der Waals surface area contributed by atoms with Crippen molar-refractivity contribution in [2.75, 3.05) is 20.2 Å². The summed E-state index contributed by atoms with van der Waals surface area (Å²) >= 11 is 0. The zero-order valence-corrected chi connectivity index (χ0v) is 10.4. The van der Waals surface area contributed by atoms with Crippen LogP contribution in [0.15, 0.2) is 10.6 Å². The fourth-order valence-corrected chi connectivity index (χ4v) is 2.23. The molecule has 1 aliphatic heterocycles. The number of aliphatic hydroxyl groups excluding tert-OH is 1. The lowest BCUT2D eigenvalue weighted by Crippen LogP contribution is -2.41. The van der Waals surface area contributed by atoms with E-state index in [1.54, 1.807) is 7.11 Å². The van der Waals surface area contributed by atoms with Crippen molar-refractivity contribution >= 4 is 0 Å². The molecule has 1 N–H and O–H groups in total. The van der Waals surface area contributed by atoms with Gasteiger partial charge in [-0.3, -0.25) is 4.90 Å². The van der Waals surface area contributed by atoms with E-state index in [-0.39, 0.29) is 6.10 Å². The predicted molar refractivity (Wildman–Crippen MR) is 62.3 cm³/mol. The van der Waals surface area contributed by atoms with E-state index in [2.05, 4.69) is 17.0 Å². The summed E-state index contributed by atoms with van der Waals surface area (Å²) in [5.74, 6) is 1.08. The Balaban J connectivity index is 1.87. The number of methoxy groups -OCH3 is 1. The minimum Gasteiger partial charge on any atom is -0.393 e. The van der Waals surface area contributed by atoms with E-state index >= 15 is 0 Å². The van der Waals surface area contributed by atoms with E-state index < -0.39 is 0 Å². The molecule has 5 heteroatoms. The summed E-state index contributed by atoms with van der Waals surface area (Å²) in [6, 6.07) is 1.93. The smallest absolute Gasteiger partial charge is 0.162 e. The number of aromatic nitrogens is 1. The SMILES string of the molecule is COCc1cc(CN2CCC(O)C(C)C2)no1. The molecule has 17 heavy (non-hydrogen) atoms. The van der Waals surface area contributed by atoms with Crippen LogP contribution in [0.5, 0.6) is 0 Å². The van der Waals surface area contributed by atoms with E-state index in [1.165, 1.54) is 0 Å². The summed E-state index contributed by atoms with van der Waals surface area (Å²) in [6.45, 7) is 5.15. The molecule has 1 saturated heterocycles. The molecule has 0 radical (unpaired) electrons. The van der Waals surface area contributed by atoms with Crippen LogP contribution in [-0.2, 0) is 17.9 Å². The summed E-state index contributed by atoms with van der Waals surface area (Å²) in [7, 11) is 1.63. The lowest BCUT2D eigenvalue weighted by atomic mass is 9.97. The first-order valence-electron chi connectivity index (χ1n) is 6.03. The van der Waals surface area contributed by atoms with Crippen molar-refractivity contribution < 1.29 is 14.4 Å². The van der Waals surface area contributed by atoms with Crippen LogP contribution in [0.2, 0.25) is 0 Å². The second kappa shape index (κ2) is 5.62. The summed E-state index contributed by atoms with van der Waals surface area (Å²) in [5.41, 5.74) is 0.931. The Labute approximate surface area is 101 Å². The molecule has 0 aliphatic carbocycles. The summed E-state index contributed by atoms with van der Waals surface area (Å²) < 4.78 is 10.1. The molecule has 1 fully saturated rings. The van der Waals surface area contributed by atoms with Crippen LogP contribution >= 0.6 is 0 Å². The zero-order valence-electron chi connectivity index (χ0n) is 10.4. The summed E-state index contributed by atoms with van der Waals surface area (Å²) in [4.78, 5) is 2.30. The Morgan fingerprint density at radius 1 is 1.65 bits per heavy atom. The molecule has 1 aliphatic rings. The quantitative estimate of drug-likeness (QED) is 0.851. The Kier molecular flexibility index (Phi) is 4.15. The average molecular weight is 240 g/mol. The van der Waals surface area contributed by atoms with Crippen LogP contribution in [0.4, 0.5) is 0 Å². The zero-order chi connectivity index (χ0) is 12.3. The van der Waals surface area contributed by atoms with Gasteiger partial charge in [0, 0.05) is 32.8 Å². The maximum atomic E-state index is 9.66. The van der Waals surface area contributed by atoms with Crippen LogP contribution < -0.4 is 0 Å². The Morgan fingerprint density at radius 3 is 3.18 bits per heavy atom. The molecule has 1 aromatic rings. The van der Waals surface area contributed by atoms with E-state index in [0.717, 1.165) is 37.5 Å². The molecule has 96 valence electrons. The standard InChI is InChI=1S/C12H20N2O3/c1-9-6-14(4-3-12(9)15)7-10-5-11(8-16-2)17-13-10/h5,9,12,15H,3-4,6-8H2,1-2H3. The van der Waals surface area contributed by atoms with Gasteiger partial charge >= 0.3 is 0 Å². The highest BCUT2D eigenvalue weighted by Gasteiger charge is 2.24. The van der Waals surface area contributed by atoms with Crippen molar-refractivity contribution in [2.45, 2.75) is 32.6 Å². The van der Waals surface area contributed by atoms with Gasteiger partial charge in [0.1, 0.15) is 6.61 Å². The molecule has 2 atom stereocenters. The van der Waals surface area contributed by atoms with E-state index in [0.29, 0.717) is 12.5 Å². The van der Waals surface area contributed by atoms with Crippen LogP contribution in [0.1, 0.15) is 24.8 Å². The molecule has 2 heterocycles. The molecule has 2 unspecified atom stereocenters. The van der Waals surface area contributed by atoms with Crippen molar-refractivity contribution in [1.29, 1.82) is 0 Å². The van der Waals surface area contributed by atoms with Gasteiger partial charge in [0.25, 0.3) is 0 Å². The van der Waals surface area contributed by atoms with Gasteiger partial charge in [0.05, 0.1) is 11.8 Å². The van der Waals surface area contributed by atoms with Crippen LogP contribution in [0.3, 0.4) is 0 Å². The fraction of sp³-hybridized carbons (Fsp3) is 0.750. The van der Waals surface area contributed by atoms with E-state index in [4.69, 9.17) is 9.26 Å². The largest absolute Gasteiger partial charge is 0.393 e. The van der Waals surface area contributed by atoms with Gasteiger partial charge in [-0.25, -0.2) is 0 Å². The normalized spacial score (nSPS) is 26.3. The molecular weight excluding hydrogens is 220 g/mol. The number of ether oxygens (including phenoxy) is 1. The monoisotopic (exact) mass is 240 g/mol. The van der Waals surface area contributed by atoms with E-state index in [1.807, 2.05) is 6.07 Å². The van der Waals surface area contributed by atoms with Gasteiger partial charge in [-0.05, 0) is 12.3 Å². The molecular formula is C12H20N2O3. The fourth-order valence-electron chi connectivity index (χ4n) is 2.23. The maximum absolute atomic E-state index is 9.66. The third-order valence-corrected chi connectivity index (χ3v) is 3.22. The van der Waals surface area contributed by atoms with Crippen molar-refractivity contribution in [3.63, 3.8) is 0 Å². The Hall–Kier alpha value is -0.910. The first-order valence-corrected chi connectivity index (χ1v) is 6.03. The number of hydrogen-bond acceptors (Lipinski definition) is 5. The van der Waals surface area contributed by atoms with E-state index in [9.17, 15) is 5.11 Å². The Morgan fingerprint density at radius 2 is 2.47 bits per heavy atom. The number of piperidine rings is 1. The predicted octanol–water partition coefficient (Wildman–Crippen LogP) is 1.02.